The predicted octanol–water partition coefficient (Wildman–Crippen LogP) is 2.74. The number of rotatable bonds is 2. The fourth-order valence-electron chi connectivity index (χ4n) is 0.580. The molecule has 0 aliphatic heterocycles. The number of hydrogen-bond donors (Lipinski definition) is 0. The molecule has 4 heteroatoms. The maximum absolute atomic E-state index is 11.6. The molecule has 1 aromatic rings. The number of ether oxygens (including phenoxy) is 1. The van der Waals surface area contributed by atoms with Gasteiger partial charge in [-0.05, 0) is 6.07 Å². The minimum atomic E-state index is -2.86. The third kappa shape index (κ3) is 2.35. The Morgan fingerprint density at radius 1 is 1.55 bits per heavy atom. The smallest absolute Gasteiger partial charge is 0.387 e. The molecule has 0 fully saturated rings. The quantitative estimate of drug-likeness (QED) is 0.675. The molecule has 0 amide bonds. The molecule has 1 aromatic carbocycles. The molecule has 0 aliphatic rings. The minimum Gasteiger partial charge on any atom is -0.433 e. The maximum Gasteiger partial charge on any atom is 0.387 e. The second kappa shape index (κ2) is 3.53. The van der Waals surface area contributed by atoms with E-state index in [2.05, 4.69) is 10.8 Å². The van der Waals surface area contributed by atoms with Crippen LogP contribution in [0, 0.1) is 6.07 Å². The predicted molar refractivity (Wildman–Crippen MR) is 36.9 cm³/mol. The lowest BCUT2D eigenvalue weighted by molar-refractivity contribution is -0.0499. The van der Waals surface area contributed by atoms with E-state index in [1.807, 2.05) is 0 Å². The van der Waals surface area contributed by atoms with Crippen LogP contribution >= 0.6 is 11.6 Å². The summed E-state index contributed by atoms with van der Waals surface area (Å²) in [4.78, 5) is 0. The zero-order chi connectivity index (χ0) is 8.27. The lowest BCUT2D eigenvalue weighted by Crippen LogP contribution is -2.01. The third-order valence-corrected chi connectivity index (χ3v) is 1.27. The minimum absolute atomic E-state index is 0.121. The second-order valence-electron chi connectivity index (χ2n) is 1.73. The van der Waals surface area contributed by atoms with Gasteiger partial charge in [0.25, 0.3) is 0 Å². The van der Waals surface area contributed by atoms with Crippen LogP contribution in [-0.4, -0.2) is 6.61 Å². The van der Waals surface area contributed by atoms with Crippen molar-refractivity contribution in [2.75, 3.05) is 0 Å². The molecule has 0 aromatic heterocycles. The first-order valence-electron chi connectivity index (χ1n) is 2.81. The Morgan fingerprint density at radius 2 is 2.27 bits per heavy atom. The Balaban J connectivity index is 2.78. The van der Waals surface area contributed by atoms with Gasteiger partial charge in [-0.15, -0.1) is 0 Å². The summed E-state index contributed by atoms with van der Waals surface area (Å²) in [6.07, 6.45) is 0. The summed E-state index contributed by atoms with van der Waals surface area (Å²) < 4.78 is 27.2. The summed E-state index contributed by atoms with van der Waals surface area (Å²) in [5.74, 6) is -0.121. The van der Waals surface area contributed by atoms with Crippen LogP contribution < -0.4 is 4.74 Å². The van der Waals surface area contributed by atoms with Gasteiger partial charge >= 0.3 is 6.61 Å². The molecule has 0 unspecified atom stereocenters. The van der Waals surface area contributed by atoms with Crippen LogP contribution in [0.2, 0.25) is 5.02 Å². The SMILES string of the molecule is FC(F)Oc1[c]cccc1Cl. The average molecular weight is 178 g/mol. The molecule has 11 heavy (non-hydrogen) atoms. The molecule has 0 bridgehead atoms. The molecule has 1 radical (unpaired) electrons. The highest BCUT2D eigenvalue weighted by atomic mass is 35.5. The van der Waals surface area contributed by atoms with Gasteiger partial charge in [0, 0.05) is 6.07 Å². The van der Waals surface area contributed by atoms with Crippen molar-refractivity contribution in [3.8, 4) is 5.75 Å². The molecule has 0 saturated carbocycles. The largest absolute Gasteiger partial charge is 0.433 e. The zero-order valence-electron chi connectivity index (χ0n) is 5.35. The Morgan fingerprint density at radius 3 is 2.82 bits per heavy atom. The fourth-order valence-corrected chi connectivity index (χ4v) is 0.752. The molecule has 59 valence electrons. The molecule has 0 heterocycles. The van der Waals surface area contributed by atoms with Gasteiger partial charge in [-0.1, -0.05) is 23.7 Å². The normalized spacial score (nSPS) is 10.2. The molecule has 1 rings (SSSR count). The van der Waals surface area contributed by atoms with Crippen molar-refractivity contribution in [3.63, 3.8) is 0 Å². The molecule has 0 saturated heterocycles. The van der Waals surface area contributed by atoms with Crippen molar-refractivity contribution in [2.45, 2.75) is 6.61 Å². The maximum atomic E-state index is 11.6. The first-order chi connectivity index (χ1) is 5.20. The number of para-hydroxylation sites is 1. The monoisotopic (exact) mass is 177 g/mol. The second-order valence-corrected chi connectivity index (χ2v) is 2.13. The van der Waals surface area contributed by atoms with Gasteiger partial charge < -0.3 is 4.74 Å². The Bertz CT molecular complexity index is 240. The molecule has 0 aliphatic carbocycles. The summed E-state index contributed by atoms with van der Waals surface area (Å²) in [6.45, 7) is -2.86. The van der Waals surface area contributed by atoms with E-state index in [1.165, 1.54) is 12.1 Å². The average Bonchev–Trinajstić information content (AvgIpc) is 1.93. The van der Waals surface area contributed by atoms with Gasteiger partial charge in [0.05, 0.1) is 5.02 Å². The third-order valence-electron chi connectivity index (χ3n) is 0.977. The van der Waals surface area contributed by atoms with Crippen LogP contribution in [0.4, 0.5) is 8.78 Å². The van der Waals surface area contributed by atoms with Gasteiger partial charge in [-0.2, -0.15) is 8.78 Å². The highest BCUT2D eigenvalue weighted by molar-refractivity contribution is 6.31. The Hall–Kier alpha value is -0.830. The summed E-state index contributed by atoms with van der Waals surface area (Å²) >= 11 is 5.48. The van der Waals surface area contributed by atoms with Crippen molar-refractivity contribution in [2.24, 2.45) is 0 Å². The van der Waals surface area contributed by atoms with Gasteiger partial charge in [0.2, 0.25) is 0 Å². The van der Waals surface area contributed by atoms with E-state index < -0.39 is 6.61 Å². The van der Waals surface area contributed by atoms with Crippen molar-refractivity contribution in [1.82, 2.24) is 0 Å². The molecular formula is C7H4ClF2O. The van der Waals surface area contributed by atoms with E-state index in [9.17, 15) is 8.78 Å². The van der Waals surface area contributed by atoms with Crippen molar-refractivity contribution in [1.29, 1.82) is 0 Å². The topological polar surface area (TPSA) is 9.23 Å². The zero-order valence-corrected chi connectivity index (χ0v) is 6.11. The van der Waals surface area contributed by atoms with E-state index in [0.29, 0.717) is 0 Å². The summed E-state index contributed by atoms with van der Waals surface area (Å²) in [7, 11) is 0. The number of benzene rings is 1. The Labute approximate surface area is 67.5 Å². The van der Waals surface area contributed by atoms with Crippen LogP contribution in [0.3, 0.4) is 0 Å². The number of hydrogen-bond acceptors (Lipinski definition) is 1. The van der Waals surface area contributed by atoms with Crippen LogP contribution in [0.1, 0.15) is 0 Å². The van der Waals surface area contributed by atoms with Crippen molar-refractivity contribution >= 4 is 11.6 Å². The Kier molecular flexibility index (Phi) is 2.65. The first kappa shape index (κ1) is 8.27. The highest BCUT2D eigenvalue weighted by Gasteiger charge is 2.06. The van der Waals surface area contributed by atoms with Gasteiger partial charge in [-0.3, -0.25) is 0 Å². The molecule has 0 N–H and O–H groups in total. The van der Waals surface area contributed by atoms with E-state index in [-0.39, 0.29) is 10.8 Å². The molecule has 0 atom stereocenters. The van der Waals surface area contributed by atoms with E-state index in [1.54, 1.807) is 6.07 Å². The standard InChI is InChI=1S/C7H4ClF2O/c8-5-3-1-2-4-6(5)11-7(9)10/h1-3,7H. The van der Waals surface area contributed by atoms with E-state index in [0.717, 1.165) is 0 Å². The van der Waals surface area contributed by atoms with Crippen LogP contribution in [0.15, 0.2) is 18.2 Å². The summed E-state index contributed by atoms with van der Waals surface area (Å²) in [6, 6.07) is 6.92. The first-order valence-corrected chi connectivity index (χ1v) is 3.19. The van der Waals surface area contributed by atoms with Crippen molar-refractivity contribution in [3.05, 3.63) is 29.3 Å². The lowest BCUT2D eigenvalue weighted by atomic mass is 10.3. The summed E-state index contributed by atoms with van der Waals surface area (Å²) in [5, 5.41) is 0.132. The number of alkyl halides is 2. The van der Waals surface area contributed by atoms with Crippen LogP contribution in [0.5, 0.6) is 5.75 Å². The van der Waals surface area contributed by atoms with Crippen molar-refractivity contribution < 1.29 is 13.5 Å². The molecular weight excluding hydrogens is 174 g/mol. The van der Waals surface area contributed by atoms with Crippen LogP contribution in [0.25, 0.3) is 0 Å². The van der Waals surface area contributed by atoms with E-state index >= 15 is 0 Å². The van der Waals surface area contributed by atoms with Gasteiger partial charge in [0.1, 0.15) is 0 Å². The van der Waals surface area contributed by atoms with Gasteiger partial charge in [0.15, 0.2) is 5.75 Å². The molecule has 1 nitrogen and oxygen atoms in total. The summed E-state index contributed by atoms with van der Waals surface area (Å²) in [5.41, 5.74) is 0. The number of halogens is 3. The van der Waals surface area contributed by atoms with Gasteiger partial charge in [-0.25, -0.2) is 0 Å². The fraction of sp³-hybridized carbons (Fsp3) is 0.143. The van der Waals surface area contributed by atoms with E-state index in [4.69, 9.17) is 11.6 Å². The van der Waals surface area contributed by atoms with Crippen LogP contribution in [-0.2, 0) is 0 Å². The lowest BCUT2D eigenvalue weighted by Gasteiger charge is -2.03. The highest BCUT2D eigenvalue weighted by Crippen LogP contribution is 2.23. The molecule has 0 spiro atoms.